The Bertz CT molecular complexity index is 364. The predicted molar refractivity (Wildman–Crippen MR) is 52.4 cm³/mol. The fourth-order valence-electron chi connectivity index (χ4n) is 1.37. The van der Waals surface area contributed by atoms with Crippen LogP contribution in [0.5, 0.6) is 0 Å². The van der Waals surface area contributed by atoms with Gasteiger partial charge >= 0.3 is 6.18 Å². The summed E-state index contributed by atoms with van der Waals surface area (Å²) < 4.78 is 36.9. The fourth-order valence-corrected chi connectivity index (χ4v) is 2.18. The Balaban J connectivity index is 2.15. The lowest BCUT2D eigenvalue weighted by atomic mass is 10.5. The second-order valence-corrected chi connectivity index (χ2v) is 4.49. The van der Waals surface area contributed by atoms with Crippen LogP contribution < -0.4 is 4.90 Å². The molecule has 8 heteroatoms. The summed E-state index contributed by atoms with van der Waals surface area (Å²) in [4.78, 5) is 1.69. The molecule has 0 aromatic carbocycles. The van der Waals surface area contributed by atoms with Gasteiger partial charge in [0.15, 0.2) is 0 Å². The molecule has 2 rings (SSSR count). The van der Waals surface area contributed by atoms with E-state index in [4.69, 9.17) is 5.11 Å². The lowest BCUT2D eigenvalue weighted by Crippen LogP contribution is -2.28. The molecule has 1 saturated carbocycles. The second-order valence-electron chi connectivity index (χ2n) is 3.54. The largest absolute Gasteiger partial charge is 0.445 e. The van der Waals surface area contributed by atoms with Gasteiger partial charge in [-0.3, -0.25) is 0 Å². The van der Waals surface area contributed by atoms with Crippen molar-refractivity contribution < 1.29 is 18.3 Å². The summed E-state index contributed by atoms with van der Waals surface area (Å²) in [6, 6.07) is 0.209. The number of aliphatic hydroxyl groups is 1. The Morgan fingerprint density at radius 2 is 2.06 bits per heavy atom. The van der Waals surface area contributed by atoms with Gasteiger partial charge in [0.2, 0.25) is 10.1 Å². The fraction of sp³-hybridized carbons (Fsp3) is 0.750. The van der Waals surface area contributed by atoms with Crippen LogP contribution in [-0.4, -0.2) is 34.5 Å². The summed E-state index contributed by atoms with van der Waals surface area (Å²) >= 11 is 0.524. The molecule has 4 nitrogen and oxygen atoms in total. The number of rotatable bonds is 4. The van der Waals surface area contributed by atoms with Crippen molar-refractivity contribution in [3.63, 3.8) is 0 Å². The number of aromatic nitrogens is 2. The van der Waals surface area contributed by atoms with Crippen molar-refractivity contribution in [2.24, 2.45) is 0 Å². The molecule has 90 valence electrons. The Morgan fingerprint density at radius 3 is 2.50 bits per heavy atom. The van der Waals surface area contributed by atoms with Gasteiger partial charge in [-0.2, -0.15) is 13.2 Å². The average molecular weight is 253 g/mol. The van der Waals surface area contributed by atoms with Crippen LogP contribution in [0.1, 0.15) is 17.8 Å². The summed E-state index contributed by atoms with van der Waals surface area (Å²) in [6.45, 7) is 0.203. The van der Waals surface area contributed by atoms with Crippen molar-refractivity contribution in [2.75, 3.05) is 18.1 Å². The summed E-state index contributed by atoms with van der Waals surface area (Å²) in [7, 11) is 0. The summed E-state index contributed by atoms with van der Waals surface area (Å²) in [5, 5.41) is 14.8. The lowest BCUT2D eigenvalue weighted by Gasteiger charge is -2.18. The molecular weight excluding hydrogens is 243 g/mol. The molecular formula is C8H10F3N3OS. The smallest absolute Gasteiger partial charge is 0.395 e. The second kappa shape index (κ2) is 4.17. The van der Waals surface area contributed by atoms with Gasteiger partial charge in [-0.25, -0.2) is 0 Å². The van der Waals surface area contributed by atoms with Crippen molar-refractivity contribution in [1.82, 2.24) is 10.2 Å². The van der Waals surface area contributed by atoms with Gasteiger partial charge in [-0.1, -0.05) is 11.3 Å². The van der Waals surface area contributed by atoms with Gasteiger partial charge in [-0.05, 0) is 12.8 Å². The molecule has 0 bridgehead atoms. The van der Waals surface area contributed by atoms with Crippen molar-refractivity contribution in [1.29, 1.82) is 0 Å². The zero-order valence-electron chi connectivity index (χ0n) is 8.24. The Kier molecular flexibility index (Phi) is 3.02. The first-order chi connectivity index (χ1) is 7.52. The van der Waals surface area contributed by atoms with Crippen LogP contribution in [0, 0.1) is 0 Å². The number of alkyl halides is 3. The molecule has 0 radical (unpaired) electrons. The summed E-state index contributed by atoms with van der Waals surface area (Å²) in [5.74, 6) is 0. The highest BCUT2D eigenvalue weighted by Crippen LogP contribution is 2.37. The van der Waals surface area contributed by atoms with E-state index >= 15 is 0 Å². The Labute approximate surface area is 93.7 Å². The van der Waals surface area contributed by atoms with Gasteiger partial charge < -0.3 is 10.0 Å². The third-order valence-electron chi connectivity index (χ3n) is 2.23. The molecule has 1 aliphatic rings. The van der Waals surface area contributed by atoms with Crippen LogP contribution in [0.2, 0.25) is 0 Å². The normalized spacial score (nSPS) is 16.5. The minimum atomic E-state index is -4.44. The molecule has 1 aliphatic carbocycles. The Hall–Kier alpha value is -0.890. The predicted octanol–water partition coefficient (Wildman–Crippen LogP) is 1.52. The number of nitrogens with zero attached hydrogens (tertiary/aromatic N) is 3. The van der Waals surface area contributed by atoms with Crippen LogP contribution in [0.3, 0.4) is 0 Å². The van der Waals surface area contributed by atoms with E-state index in [9.17, 15) is 13.2 Å². The van der Waals surface area contributed by atoms with Gasteiger partial charge in [0, 0.05) is 12.6 Å². The maximum Gasteiger partial charge on any atom is 0.445 e. The van der Waals surface area contributed by atoms with Crippen LogP contribution >= 0.6 is 11.3 Å². The highest BCUT2D eigenvalue weighted by molar-refractivity contribution is 7.15. The highest BCUT2D eigenvalue weighted by Gasteiger charge is 2.38. The molecule has 1 aromatic rings. The minimum Gasteiger partial charge on any atom is -0.395 e. The lowest BCUT2D eigenvalue weighted by molar-refractivity contribution is -0.138. The average Bonchev–Trinajstić information content (AvgIpc) is 2.89. The molecule has 0 saturated heterocycles. The van der Waals surface area contributed by atoms with E-state index in [1.165, 1.54) is 0 Å². The van der Waals surface area contributed by atoms with Crippen molar-refractivity contribution in [3.05, 3.63) is 5.01 Å². The molecule has 0 spiro atoms. The number of anilines is 1. The van der Waals surface area contributed by atoms with E-state index in [2.05, 4.69) is 10.2 Å². The maximum atomic E-state index is 12.3. The van der Waals surface area contributed by atoms with E-state index in [1.54, 1.807) is 4.90 Å². The third-order valence-corrected chi connectivity index (χ3v) is 3.24. The van der Waals surface area contributed by atoms with Crippen molar-refractivity contribution in [2.45, 2.75) is 25.1 Å². The highest BCUT2D eigenvalue weighted by atomic mass is 32.1. The van der Waals surface area contributed by atoms with E-state index in [1.807, 2.05) is 0 Å². The van der Waals surface area contributed by atoms with E-state index < -0.39 is 11.2 Å². The molecule has 1 aromatic heterocycles. The molecule has 1 heterocycles. The summed E-state index contributed by atoms with van der Waals surface area (Å²) in [6.07, 6.45) is -2.58. The van der Waals surface area contributed by atoms with Crippen LogP contribution in [0.4, 0.5) is 18.3 Å². The van der Waals surface area contributed by atoms with Gasteiger partial charge in [0.25, 0.3) is 0 Å². The molecule has 0 atom stereocenters. The van der Waals surface area contributed by atoms with Gasteiger partial charge in [-0.15, -0.1) is 10.2 Å². The maximum absolute atomic E-state index is 12.3. The standard InChI is InChI=1S/C8H10F3N3OS/c9-8(10,11)6-12-13-7(16-6)14(3-4-15)5-1-2-5/h5,15H,1-4H2. The molecule has 0 aliphatic heterocycles. The van der Waals surface area contributed by atoms with Crippen LogP contribution in [0.25, 0.3) is 0 Å². The Morgan fingerprint density at radius 1 is 1.38 bits per heavy atom. The van der Waals surface area contributed by atoms with Crippen molar-refractivity contribution in [3.8, 4) is 0 Å². The molecule has 1 fully saturated rings. The number of halogens is 3. The van der Waals surface area contributed by atoms with E-state index in [0.29, 0.717) is 17.9 Å². The number of aliphatic hydroxyl groups excluding tert-OH is 1. The molecule has 1 N–H and O–H groups in total. The quantitative estimate of drug-likeness (QED) is 0.883. The summed E-state index contributed by atoms with van der Waals surface area (Å²) in [5.41, 5.74) is 0. The molecule has 0 amide bonds. The zero-order valence-corrected chi connectivity index (χ0v) is 9.05. The topological polar surface area (TPSA) is 49.2 Å². The SMILES string of the molecule is OCCN(c1nnc(C(F)(F)F)s1)C1CC1. The zero-order chi connectivity index (χ0) is 11.8. The van der Waals surface area contributed by atoms with Crippen LogP contribution in [-0.2, 0) is 6.18 Å². The van der Waals surface area contributed by atoms with Gasteiger partial charge in [0.05, 0.1) is 6.61 Å². The minimum absolute atomic E-state index is 0.0998. The first-order valence-corrected chi connectivity index (χ1v) is 5.62. The van der Waals surface area contributed by atoms with E-state index in [0.717, 1.165) is 12.8 Å². The van der Waals surface area contributed by atoms with Crippen LogP contribution in [0.15, 0.2) is 0 Å². The third kappa shape index (κ3) is 2.43. The monoisotopic (exact) mass is 253 g/mol. The molecule has 0 unspecified atom stereocenters. The molecule has 16 heavy (non-hydrogen) atoms. The number of hydrogen-bond donors (Lipinski definition) is 1. The van der Waals surface area contributed by atoms with Crippen molar-refractivity contribution >= 4 is 16.5 Å². The number of hydrogen-bond acceptors (Lipinski definition) is 5. The first-order valence-electron chi connectivity index (χ1n) is 4.80. The van der Waals surface area contributed by atoms with E-state index in [-0.39, 0.29) is 17.8 Å². The first kappa shape index (κ1) is 11.6. The van der Waals surface area contributed by atoms with Gasteiger partial charge in [0.1, 0.15) is 0 Å².